The number of rotatable bonds is 4. The summed E-state index contributed by atoms with van der Waals surface area (Å²) in [6.07, 6.45) is 5.14. The Balaban J connectivity index is 1.74. The van der Waals surface area contributed by atoms with Gasteiger partial charge >= 0.3 is 5.97 Å². The van der Waals surface area contributed by atoms with Gasteiger partial charge in [-0.2, -0.15) is 0 Å². The monoisotopic (exact) mass is 259 g/mol. The van der Waals surface area contributed by atoms with Crippen molar-refractivity contribution in [2.24, 2.45) is 5.92 Å². The van der Waals surface area contributed by atoms with E-state index in [-0.39, 0.29) is 5.69 Å². The average Bonchev–Trinajstić information content (AvgIpc) is 3.04. The van der Waals surface area contributed by atoms with Crippen LogP contribution in [0.2, 0.25) is 0 Å². The van der Waals surface area contributed by atoms with E-state index in [1.54, 1.807) is 6.07 Å². The van der Waals surface area contributed by atoms with E-state index in [9.17, 15) is 4.79 Å². The molecule has 2 aromatic rings. The van der Waals surface area contributed by atoms with Gasteiger partial charge in [0.2, 0.25) is 0 Å². The molecule has 4 heteroatoms. The number of H-pyrrole nitrogens is 1. The van der Waals surface area contributed by atoms with Gasteiger partial charge in [-0.1, -0.05) is 12.8 Å². The van der Waals surface area contributed by atoms with E-state index in [0.29, 0.717) is 5.92 Å². The lowest BCUT2D eigenvalue weighted by Crippen LogP contribution is -2.07. The molecule has 1 aliphatic carbocycles. The number of benzene rings is 1. The minimum absolute atomic E-state index is 0.211. The number of carbonyl (C=O) groups is 1. The first-order valence-electron chi connectivity index (χ1n) is 6.71. The van der Waals surface area contributed by atoms with E-state index in [1.165, 1.54) is 25.7 Å². The summed E-state index contributed by atoms with van der Waals surface area (Å²) in [6, 6.07) is 7.29. The fraction of sp³-hybridized carbons (Fsp3) is 0.400. The molecule has 0 unspecified atom stereocenters. The summed E-state index contributed by atoms with van der Waals surface area (Å²) in [7, 11) is 0. The number of ether oxygens (including phenoxy) is 1. The molecule has 4 nitrogen and oxygen atoms in total. The van der Waals surface area contributed by atoms with E-state index >= 15 is 0 Å². The van der Waals surface area contributed by atoms with E-state index in [2.05, 4.69) is 4.98 Å². The maximum absolute atomic E-state index is 10.9. The molecule has 1 fully saturated rings. The van der Waals surface area contributed by atoms with Crippen LogP contribution in [-0.4, -0.2) is 22.7 Å². The molecule has 0 saturated heterocycles. The van der Waals surface area contributed by atoms with E-state index in [1.807, 2.05) is 18.2 Å². The third-order valence-electron chi connectivity index (χ3n) is 3.78. The Morgan fingerprint density at radius 3 is 2.84 bits per heavy atom. The number of fused-ring (bicyclic) bond motifs is 1. The number of carboxylic acids is 1. The highest BCUT2D eigenvalue weighted by Gasteiger charge is 2.15. The maximum Gasteiger partial charge on any atom is 0.352 e. The lowest BCUT2D eigenvalue weighted by Gasteiger charge is -2.11. The van der Waals surface area contributed by atoms with Crippen LogP contribution in [0, 0.1) is 5.92 Å². The van der Waals surface area contributed by atoms with Gasteiger partial charge in [-0.3, -0.25) is 0 Å². The molecular weight excluding hydrogens is 242 g/mol. The summed E-state index contributed by atoms with van der Waals surface area (Å²) in [4.78, 5) is 13.8. The zero-order valence-corrected chi connectivity index (χ0v) is 10.7. The summed E-state index contributed by atoms with van der Waals surface area (Å²) >= 11 is 0. The highest BCUT2D eigenvalue weighted by molar-refractivity contribution is 5.94. The van der Waals surface area contributed by atoms with Gasteiger partial charge in [0.05, 0.1) is 6.61 Å². The smallest absolute Gasteiger partial charge is 0.352 e. The molecule has 0 amide bonds. The van der Waals surface area contributed by atoms with Crippen molar-refractivity contribution < 1.29 is 14.6 Å². The van der Waals surface area contributed by atoms with Crippen molar-refractivity contribution in [1.82, 2.24) is 4.98 Å². The number of aromatic nitrogens is 1. The number of aromatic carboxylic acids is 1. The number of aromatic amines is 1. The van der Waals surface area contributed by atoms with Crippen LogP contribution < -0.4 is 4.74 Å². The summed E-state index contributed by atoms with van der Waals surface area (Å²) in [5, 5.41) is 9.82. The normalized spacial score (nSPS) is 16.0. The Hall–Kier alpha value is -1.97. The Kier molecular flexibility index (Phi) is 3.15. The lowest BCUT2D eigenvalue weighted by atomic mass is 10.1. The quantitative estimate of drug-likeness (QED) is 0.884. The van der Waals surface area contributed by atoms with Crippen LogP contribution >= 0.6 is 0 Å². The SMILES string of the molecule is O=C(O)c1cc2cc(OCC3CCCC3)ccc2[nH]1. The molecule has 100 valence electrons. The van der Waals surface area contributed by atoms with Crippen molar-refractivity contribution in [1.29, 1.82) is 0 Å². The first-order valence-corrected chi connectivity index (χ1v) is 6.71. The third kappa shape index (κ3) is 2.57. The molecule has 2 N–H and O–H groups in total. The largest absolute Gasteiger partial charge is 0.493 e. The Labute approximate surface area is 111 Å². The van der Waals surface area contributed by atoms with Gasteiger partial charge < -0.3 is 14.8 Å². The van der Waals surface area contributed by atoms with Crippen LogP contribution in [-0.2, 0) is 0 Å². The minimum Gasteiger partial charge on any atom is -0.493 e. The van der Waals surface area contributed by atoms with Crippen LogP contribution in [0.25, 0.3) is 10.9 Å². The summed E-state index contributed by atoms with van der Waals surface area (Å²) in [5.74, 6) is 0.552. The van der Waals surface area contributed by atoms with Crippen LogP contribution in [0.3, 0.4) is 0 Å². The Bertz CT molecular complexity index is 596. The molecule has 1 aromatic heterocycles. The molecular formula is C15H17NO3. The van der Waals surface area contributed by atoms with Crippen molar-refractivity contribution in [3.05, 3.63) is 30.0 Å². The predicted molar refractivity (Wildman–Crippen MR) is 72.7 cm³/mol. The van der Waals surface area contributed by atoms with Gasteiger partial charge in [-0.05, 0) is 43.0 Å². The molecule has 1 aliphatic rings. The van der Waals surface area contributed by atoms with Crippen molar-refractivity contribution in [2.45, 2.75) is 25.7 Å². The van der Waals surface area contributed by atoms with Crippen LogP contribution in [0.15, 0.2) is 24.3 Å². The van der Waals surface area contributed by atoms with Gasteiger partial charge in [-0.15, -0.1) is 0 Å². The van der Waals surface area contributed by atoms with Crippen molar-refractivity contribution in [2.75, 3.05) is 6.61 Å². The standard InChI is InChI=1S/C15H17NO3/c17-15(18)14-8-11-7-12(5-6-13(11)16-14)19-9-10-3-1-2-4-10/h5-8,10,16H,1-4,9H2,(H,17,18). The van der Waals surface area contributed by atoms with Crippen LogP contribution in [0.4, 0.5) is 0 Å². The molecule has 0 radical (unpaired) electrons. The van der Waals surface area contributed by atoms with Crippen molar-refractivity contribution in [3.8, 4) is 5.75 Å². The van der Waals surface area contributed by atoms with Crippen molar-refractivity contribution >= 4 is 16.9 Å². The van der Waals surface area contributed by atoms with Crippen molar-refractivity contribution in [3.63, 3.8) is 0 Å². The second-order valence-corrected chi connectivity index (χ2v) is 5.20. The predicted octanol–water partition coefficient (Wildman–Crippen LogP) is 3.44. The number of nitrogens with one attached hydrogen (secondary N) is 1. The highest BCUT2D eigenvalue weighted by Crippen LogP contribution is 2.27. The zero-order valence-electron chi connectivity index (χ0n) is 10.7. The fourth-order valence-corrected chi connectivity index (χ4v) is 2.71. The van der Waals surface area contributed by atoms with E-state index in [0.717, 1.165) is 23.3 Å². The van der Waals surface area contributed by atoms with Crippen LogP contribution in [0.1, 0.15) is 36.2 Å². The second kappa shape index (κ2) is 4.96. The summed E-state index contributed by atoms with van der Waals surface area (Å²) in [5.41, 5.74) is 1.04. The summed E-state index contributed by atoms with van der Waals surface area (Å²) < 4.78 is 5.81. The number of carboxylic acid groups (broad SMARTS) is 1. The molecule has 1 heterocycles. The average molecular weight is 259 g/mol. The van der Waals surface area contributed by atoms with Gasteiger partial charge in [0.1, 0.15) is 11.4 Å². The third-order valence-corrected chi connectivity index (χ3v) is 3.78. The van der Waals surface area contributed by atoms with Gasteiger partial charge in [-0.25, -0.2) is 4.79 Å². The van der Waals surface area contributed by atoms with Gasteiger partial charge in [0.25, 0.3) is 0 Å². The molecule has 0 aliphatic heterocycles. The van der Waals surface area contributed by atoms with Gasteiger partial charge in [0.15, 0.2) is 0 Å². The van der Waals surface area contributed by atoms with Gasteiger partial charge in [0, 0.05) is 10.9 Å². The molecule has 0 bridgehead atoms. The Morgan fingerprint density at radius 1 is 1.32 bits per heavy atom. The fourth-order valence-electron chi connectivity index (χ4n) is 2.71. The van der Waals surface area contributed by atoms with E-state index < -0.39 is 5.97 Å². The number of hydrogen-bond acceptors (Lipinski definition) is 2. The maximum atomic E-state index is 10.9. The Morgan fingerprint density at radius 2 is 2.11 bits per heavy atom. The number of hydrogen-bond donors (Lipinski definition) is 2. The molecule has 0 spiro atoms. The molecule has 19 heavy (non-hydrogen) atoms. The molecule has 1 aromatic carbocycles. The highest BCUT2D eigenvalue weighted by atomic mass is 16.5. The van der Waals surface area contributed by atoms with E-state index in [4.69, 9.17) is 9.84 Å². The second-order valence-electron chi connectivity index (χ2n) is 5.20. The zero-order chi connectivity index (χ0) is 13.2. The molecule has 1 saturated carbocycles. The minimum atomic E-state index is -0.940. The first-order chi connectivity index (χ1) is 9.22. The summed E-state index contributed by atoms with van der Waals surface area (Å²) in [6.45, 7) is 0.766. The van der Waals surface area contributed by atoms with Crippen LogP contribution in [0.5, 0.6) is 5.75 Å². The molecule has 3 rings (SSSR count). The molecule has 0 atom stereocenters. The lowest BCUT2D eigenvalue weighted by molar-refractivity contribution is 0.0691. The topological polar surface area (TPSA) is 62.3 Å². The first kappa shape index (κ1) is 12.1.